The molecule has 1 atom stereocenters. The fraction of sp³-hybridized carbons (Fsp3) is 0.182. The highest BCUT2D eigenvalue weighted by atomic mass is 79.9. The molecule has 1 unspecified atom stereocenters. The van der Waals surface area contributed by atoms with Gasteiger partial charge in [-0.25, -0.2) is 0 Å². The number of fused-ring (bicyclic) bond motifs is 1. The highest BCUT2D eigenvalue weighted by molar-refractivity contribution is 9.10. The average molecular weight is 269 g/mol. The van der Waals surface area contributed by atoms with E-state index in [1.165, 1.54) is 4.70 Å². The van der Waals surface area contributed by atoms with E-state index in [0.717, 1.165) is 10.3 Å². The highest BCUT2D eigenvalue weighted by Crippen LogP contribution is 2.27. The van der Waals surface area contributed by atoms with Gasteiger partial charge in [-0.3, -0.25) is 4.79 Å². The lowest BCUT2D eigenvalue weighted by molar-refractivity contribution is 0.1000. The number of rotatable bonds is 2. The second-order valence-corrected chi connectivity index (χ2v) is 5.59. The minimum atomic E-state index is -0.101. The van der Waals surface area contributed by atoms with E-state index in [0.29, 0.717) is 0 Å². The van der Waals surface area contributed by atoms with Crippen molar-refractivity contribution in [2.45, 2.75) is 11.8 Å². The summed E-state index contributed by atoms with van der Waals surface area (Å²) in [6, 6.07) is 10.0. The fourth-order valence-corrected chi connectivity index (χ4v) is 2.79. The molecule has 0 radical (unpaired) electrons. The summed E-state index contributed by atoms with van der Waals surface area (Å²) in [6.45, 7) is 1.85. The molecule has 0 amide bonds. The van der Waals surface area contributed by atoms with E-state index in [4.69, 9.17) is 0 Å². The predicted molar refractivity (Wildman–Crippen MR) is 64.5 cm³/mol. The Bertz CT molecular complexity index is 440. The summed E-state index contributed by atoms with van der Waals surface area (Å²) in [5, 5.41) is 1.15. The van der Waals surface area contributed by atoms with Gasteiger partial charge in [-0.1, -0.05) is 34.1 Å². The molecule has 0 aliphatic carbocycles. The number of alkyl halides is 1. The third-order valence-electron chi connectivity index (χ3n) is 2.03. The summed E-state index contributed by atoms with van der Waals surface area (Å²) < 4.78 is 1.17. The smallest absolute Gasteiger partial charge is 0.186 e. The molecule has 0 bridgehead atoms. The maximum Gasteiger partial charge on any atom is 0.186 e. The van der Waals surface area contributed by atoms with Crippen molar-refractivity contribution in [2.75, 3.05) is 0 Å². The van der Waals surface area contributed by atoms with E-state index >= 15 is 0 Å². The molecular weight excluding hydrogens is 260 g/mol. The van der Waals surface area contributed by atoms with Gasteiger partial charge in [-0.15, -0.1) is 11.3 Å². The first-order chi connectivity index (χ1) is 6.68. The Morgan fingerprint density at radius 3 is 2.79 bits per heavy atom. The molecule has 1 nitrogen and oxygen atoms in total. The Morgan fingerprint density at radius 2 is 2.14 bits per heavy atom. The van der Waals surface area contributed by atoms with Gasteiger partial charge < -0.3 is 0 Å². The number of hydrogen-bond acceptors (Lipinski definition) is 2. The van der Waals surface area contributed by atoms with Crippen molar-refractivity contribution in [1.82, 2.24) is 0 Å². The molecule has 0 aliphatic heterocycles. The summed E-state index contributed by atoms with van der Waals surface area (Å²) >= 11 is 4.85. The number of ketones is 1. The van der Waals surface area contributed by atoms with Crippen molar-refractivity contribution in [1.29, 1.82) is 0 Å². The topological polar surface area (TPSA) is 17.1 Å². The van der Waals surface area contributed by atoms with Crippen molar-refractivity contribution < 1.29 is 4.79 Å². The van der Waals surface area contributed by atoms with Crippen LogP contribution in [0.3, 0.4) is 0 Å². The Balaban J connectivity index is 2.50. The molecule has 0 spiro atoms. The number of thiophene rings is 1. The van der Waals surface area contributed by atoms with Gasteiger partial charge in [-0.2, -0.15) is 0 Å². The second-order valence-electron chi connectivity index (χ2n) is 3.13. The van der Waals surface area contributed by atoms with Crippen molar-refractivity contribution in [3.05, 3.63) is 35.2 Å². The van der Waals surface area contributed by atoms with E-state index in [1.54, 1.807) is 11.3 Å². The maximum atomic E-state index is 11.7. The van der Waals surface area contributed by atoms with Crippen LogP contribution in [0, 0.1) is 0 Å². The lowest BCUT2D eigenvalue weighted by atomic mass is 10.2. The van der Waals surface area contributed by atoms with Gasteiger partial charge >= 0.3 is 0 Å². The molecule has 0 fully saturated rings. The maximum absolute atomic E-state index is 11.7. The lowest BCUT2D eigenvalue weighted by Crippen LogP contribution is -2.07. The van der Waals surface area contributed by atoms with Crippen LogP contribution in [0.4, 0.5) is 0 Å². The largest absolute Gasteiger partial charge is 0.292 e. The molecule has 1 aromatic heterocycles. The number of halogens is 1. The van der Waals surface area contributed by atoms with E-state index in [2.05, 4.69) is 15.9 Å². The summed E-state index contributed by atoms with van der Waals surface area (Å²) in [5.74, 6) is 0.159. The molecule has 2 aromatic rings. The van der Waals surface area contributed by atoms with Crippen molar-refractivity contribution in [2.24, 2.45) is 0 Å². The van der Waals surface area contributed by atoms with Gasteiger partial charge in [0.1, 0.15) is 0 Å². The average Bonchev–Trinajstić information content (AvgIpc) is 2.59. The van der Waals surface area contributed by atoms with E-state index < -0.39 is 0 Å². The normalized spacial score (nSPS) is 13.0. The van der Waals surface area contributed by atoms with Crippen molar-refractivity contribution >= 4 is 43.1 Å². The minimum Gasteiger partial charge on any atom is -0.292 e. The van der Waals surface area contributed by atoms with Crippen LogP contribution in [0.15, 0.2) is 30.3 Å². The van der Waals surface area contributed by atoms with Crippen LogP contribution in [0.1, 0.15) is 16.6 Å². The third kappa shape index (κ3) is 1.74. The summed E-state index contributed by atoms with van der Waals surface area (Å²) in [7, 11) is 0. The molecule has 14 heavy (non-hydrogen) atoms. The first-order valence-electron chi connectivity index (χ1n) is 4.35. The standard InChI is InChI=1S/C11H9BrOS/c1-7(12)11(13)10-6-8-4-2-3-5-9(8)14-10/h2-7H,1H3. The zero-order valence-corrected chi connectivity index (χ0v) is 10.1. The number of hydrogen-bond donors (Lipinski definition) is 0. The molecule has 3 heteroatoms. The number of Topliss-reactive ketones (excluding diaryl/α,β-unsaturated/α-hetero) is 1. The van der Waals surface area contributed by atoms with Crippen LogP contribution < -0.4 is 0 Å². The summed E-state index contributed by atoms with van der Waals surface area (Å²) in [6.07, 6.45) is 0. The highest BCUT2D eigenvalue weighted by Gasteiger charge is 2.14. The Hall–Kier alpha value is -0.670. The number of carbonyl (C=O) groups is 1. The van der Waals surface area contributed by atoms with Crippen LogP contribution in [-0.4, -0.2) is 10.6 Å². The van der Waals surface area contributed by atoms with Crippen LogP contribution in [0.5, 0.6) is 0 Å². The molecule has 0 N–H and O–H groups in total. The Morgan fingerprint density at radius 1 is 1.43 bits per heavy atom. The number of benzene rings is 1. The van der Waals surface area contributed by atoms with Gasteiger partial charge in [0.2, 0.25) is 0 Å². The second kappa shape index (κ2) is 3.83. The molecule has 0 aliphatic rings. The SMILES string of the molecule is CC(Br)C(=O)c1cc2ccccc2s1. The van der Waals surface area contributed by atoms with Gasteiger partial charge in [0.05, 0.1) is 9.70 Å². The quantitative estimate of drug-likeness (QED) is 0.597. The lowest BCUT2D eigenvalue weighted by Gasteiger charge is -1.96. The molecule has 1 aromatic carbocycles. The van der Waals surface area contributed by atoms with E-state index in [1.807, 2.05) is 37.3 Å². The zero-order valence-electron chi connectivity index (χ0n) is 7.66. The van der Waals surface area contributed by atoms with E-state index in [-0.39, 0.29) is 10.6 Å². The Kier molecular flexibility index (Phi) is 2.70. The van der Waals surface area contributed by atoms with Crippen LogP contribution in [-0.2, 0) is 0 Å². The molecule has 2 rings (SSSR count). The fourth-order valence-electron chi connectivity index (χ4n) is 1.30. The first kappa shape index (κ1) is 9.87. The minimum absolute atomic E-state index is 0.101. The van der Waals surface area contributed by atoms with Gasteiger partial charge in [-0.05, 0) is 24.4 Å². The zero-order chi connectivity index (χ0) is 10.1. The molecule has 0 saturated heterocycles. The van der Waals surface area contributed by atoms with Crippen LogP contribution in [0.25, 0.3) is 10.1 Å². The van der Waals surface area contributed by atoms with Crippen molar-refractivity contribution in [3.8, 4) is 0 Å². The van der Waals surface area contributed by atoms with Crippen molar-refractivity contribution in [3.63, 3.8) is 0 Å². The molecule has 0 saturated carbocycles. The van der Waals surface area contributed by atoms with Gasteiger partial charge in [0.15, 0.2) is 5.78 Å². The van der Waals surface area contributed by atoms with Crippen LogP contribution >= 0.6 is 27.3 Å². The van der Waals surface area contributed by atoms with Gasteiger partial charge in [0, 0.05) is 4.70 Å². The Labute approximate surface area is 94.9 Å². The summed E-state index contributed by atoms with van der Waals surface area (Å²) in [5.41, 5.74) is 0. The predicted octanol–water partition coefficient (Wildman–Crippen LogP) is 3.87. The summed E-state index contributed by atoms with van der Waals surface area (Å²) in [4.78, 5) is 12.4. The molecular formula is C11H9BrOS. The monoisotopic (exact) mass is 268 g/mol. The third-order valence-corrected chi connectivity index (χ3v) is 3.58. The van der Waals surface area contributed by atoms with E-state index in [9.17, 15) is 4.79 Å². The first-order valence-corrected chi connectivity index (χ1v) is 6.08. The molecule has 1 heterocycles. The van der Waals surface area contributed by atoms with Crippen LogP contribution in [0.2, 0.25) is 0 Å². The molecule has 72 valence electrons. The number of carbonyl (C=O) groups excluding carboxylic acids is 1. The van der Waals surface area contributed by atoms with Gasteiger partial charge in [0.25, 0.3) is 0 Å².